The van der Waals surface area contributed by atoms with Gasteiger partial charge in [0, 0.05) is 56.3 Å². The molecule has 0 radical (unpaired) electrons. The molecule has 0 heterocycles. The highest BCUT2D eigenvalue weighted by atomic mass is 16.5. The number of carboxylic acids is 1. The fraction of sp³-hybridized carbons (Fsp3) is 0.863. The Balaban J connectivity index is 0. The smallest absolute Gasteiger partial charge is 0.373 e. The van der Waals surface area contributed by atoms with Gasteiger partial charge in [0.25, 0.3) is 0 Å². The van der Waals surface area contributed by atoms with Crippen molar-refractivity contribution in [3.05, 3.63) is 0 Å². The molecule has 0 aliphatic rings. The number of hydrogen-bond donors (Lipinski definition) is 4. The van der Waals surface area contributed by atoms with Gasteiger partial charge < -0.3 is 40.0 Å². The molecule has 2 atom stereocenters. The normalized spacial score (nSPS) is 12.3. The molecule has 16 nitrogen and oxygen atoms in total. The van der Waals surface area contributed by atoms with E-state index < -0.39 is 17.3 Å². The first-order valence-corrected chi connectivity index (χ1v) is 25.3. The van der Waals surface area contributed by atoms with E-state index in [0.717, 1.165) is 32.1 Å². The molecule has 0 spiro atoms. The van der Waals surface area contributed by atoms with Crippen molar-refractivity contribution in [2.75, 3.05) is 65.9 Å². The lowest BCUT2D eigenvalue weighted by molar-refractivity contribution is -0.191. The highest BCUT2D eigenvalue weighted by molar-refractivity contribution is 5.88. The minimum absolute atomic E-state index is 0.0223. The monoisotopic (exact) mass is 956 g/mol. The van der Waals surface area contributed by atoms with Gasteiger partial charge in [-0.3, -0.25) is 28.8 Å². The van der Waals surface area contributed by atoms with Crippen LogP contribution >= 0.6 is 0 Å². The number of ether oxygens (including phenoxy) is 4. The molecule has 0 saturated heterocycles. The van der Waals surface area contributed by atoms with Crippen molar-refractivity contribution in [2.45, 2.75) is 208 Å². The number of carbonyl (C=O) groups is 6. The van der Waals surface area contributed by atoms with E-state index in [1.165, 1.54) is 70.6 Å². The van der Waals surface area contributed by atoms with E-state index in [9.17, 15) is 33.9 Å². The first-order chi connectivity index (χ1) is 31.9. The van der Waals surface area contributed by atoms with Gasteiger partial charge in [0.1, 0.15) is 19.0 Å². The summed E-state index contributed by atoms with van der Waals surface area (Å²) in [5.74, 6) is -2.31. The third kappa shape index (κ3) is 46.1. The van der Waals surface area contributed by atoms with Crippen molar-refractivity contribution < 1.29 is 62.4 Å². The minimum atomic E-state index is -1.05. The molecule has 0 aliphatic heterocycles. The molecule has 4 N–H and O–H groups in total. The highest BCUT2D eigenvalue weighted by Gasteiger charge is 2.31. The molecular formula is C51H93N3O13. The lowest BCUT2D eigenvalue weighted by Crippen LogP contribution is -2.50. The Hall–Kier alpha value is -3.40. The zero-order chi connectivity index (χ0) is 50.6. The standard InChI is InChI=1S/C50H93N3O11.CO2/c1-8-9-10-11-12-13-14-15-16-17-18-19-20-21-25-42(54)38-41(48(59)60)28-29-45(56)52-31-33-62-35-36-63-39-43(55)26-24-32-61-34-37-64-40-46(57)51-30-23-22-27-44(53-50(5,6)7)47(58)49(2,3)4;2-1-3/h41,44,53H,8-40H2,1-7H3,(H,51,57)(H,52,56)(H,59,60);/t41-,44+;/m1./s1. The van der Waals surface area contributed by atoms with Gasteiger partial charge in [0.2, 0.25) is 11.8 Å². The Bertz CT molecular complexity index is 1340. The number of carbonyl (C=O) groups excluding carboxylic acids is 7. The van der Waals surface area contributed by atoms with Gasteiger partial charge in [-0.05, 0) is 59.3 Å². The summed E-state index contributed by atoms with van der Waals surface area (Å²) in [7, 11) is 0. The van der Waals surface area contributed by atoms with Crippen LogP contribution in [-0.4, -0.2) is 124 Å². The number of ketones is 3. The second kappa shape index (κ2) is 43.9. The average molecular weight is 956 g/mol. The fourth-order valence-electron chi connectivity index (χ4n) is 7.16. The van der Waals surface area contributed by atoms with Gasteiger partial charge in [-0.25, -0.2) is 0 Å². The molecule has 0 saturated carbocycles. The van der Waals surface area contributed by atoms with Gasteiger partial charge in [-0.15, -0.1) is 0 Å². The number of carboxylic acid groups (broad SMARTS) is 1. The van der Waals surface area contributed by atoms with Crippen molar-refractivity contribution in [1.82, 2.24) is 16.0 Å². The summed E-state index contributed by atoms with van der Waals surface area (Å²) >= 11 is 0. The minimum Gasteiger partial charge on any atom is -0.481 e. The number of rotatable bonds is 45. The number of Topliss-reactive ketones (excluding diaryl/α,β-unsaturated/α-hetero) is 3. The van der Waals surface area contributed by atoms with Crippen LogP contribution in [0.3, 0.4) is 0 Å². The maximum Gasteiger partial charge on any atom is 0.373 e. The van der Waals surface area contributed by atoms with E-state index in [0.29, 0.717) is 45.4 Å². The largest absolute Gasteiger partial charge is 0.481 e. The SMILES string of the molecule is CCCCCCCCCCCCCCCCC(=O)C[C@@H](CCC(=O)NCCOCCOCC(=O)CCCOCCOCC(=O)NCCCC[C@H](NC(C)(C)C)C(=O)C(C)(C)C)C(=O)O.O=C=O. The maximum atomic E-state index is 12.9. The van der Waals surface area contributed by atoms with Crippen LogP contribution in [0.15, 0.2) is 0 Å². The number of aliphatic carboxylic acids is 1. The molecule has 0 unspecified atom stereocenters. The molecule has 0 rings (SSSR count). The van der Waals surface area contributed by atoms with Gasteiger partial charge >= 0.3 is 12.1 Å². The number of hydrogen-bond acceptors (Lipinski definition) is 13. The zero-order valence-electron chi connectivity index (χ0n) is 42.8. The predicted octanol–water partition coefficient (Wildman–Crippen LogP) is 7.90. The Morgan fingerprint density at radius 2 is 1.01 bits per heavy atom. The van der Waals surface area contributed by atoms with E-state index in [-0.39, 0.29) is 112 Å². The molecule has 0 fully saturated rings. The molecule has 0 aliphatic carbocycles. The van der Waals surface area contributed by atoms with Gasteiger partial charge in [0.05, 0.1) is 45.0 Å². The molecule has 2 amide bonds. The summed E-state index contributed by atoms with van der Waals surface area (Å²) < 4.78 is 21.7. The van der Waals surface area contributed by atoms with Crippen molar-refractivity contribution in [1.29, 1.82) is 0 Å². The van der Waals surface area contributed by atoms with Crippen LogP contribution in [0.2, 0.25) is 0 Å². The van der Waals surface area contributed by atoms with Crippen LogP contribution in [0.5, 0.6) is 0 Å². The van der Waals surface area contributed by atoms with Crippen LogP contribution in [0.4, 0.5) is 0 Å². The second-order valence-electron chi connectivity index (χ2n) is 19.5. The first-order valence-electron chi connectivity index (χ1n) is 25.3. The summed E-state index contributed by atoms with van der Waals surface area (Å²) in [6, 6.07) is -0.224. The first kappa shape index (κ1) is 65.7. The summed E-state index contributed by atoms with van der Waals surface area (Å²) in [6.45, 7) is 16.6. The van der Waals surface area contributed by atoms with Crippen molar-refractivity contribution in [3.63, 3.8) is 0 Å². The summed E-state index contributed by atoms with van der Waals surface area (Å²) in [6.07, 6.45) is 21.2. The highest BCUT2D eigenvalue weighted by Crippen LogP contribution is 2.21. The quantitative estimate of drug-likeness (QED) is 0.0426. The third-order valence-electron chi connectivity index (χ3n) is 10.8. The lowest BCUT2D eigenvalue weighted by Gasteiger charge is -2.31. The van der Waals surface area contributed by atoms with Gasteiger partial charge in [-0.1, -0.05) is 111 Å². The van der Waals surface area contributed by atoms with E-state index in [2.05, 4.69) is 43.6 Å². The summed E-state index contributed by atoms with van der Waals surface area (Å²) in [5, 5.41) is 18.6. The Labute approximate surface area is 403 Å². The third-order valence-corrected chi connectivity index (χ3v) is 10.8. The van der Waals surface area contributed by atoms with Crippen molar-refractivity contribution >= 4 is 41.3 Å². The summed E-state index contributed by atoms with van der Waals surface area (Å²) in [4.78, 5) is 89.7. The number of nitrogens with one attached hydrogen (secondary N) is 3. The molecule has 0 aromatic rings. The molecule has 16 heteroatoms. The van der Waals surface area contributed by atoms with Gasteiger partial charge in [0.15, 0.2) is 11.6 Å². The number of unbranched alkanes of at least 4 members (excludes halogenated alkanes) is 14. The van der Waals surface area contributed by atoms with Crippen LogP contribution in [0.25, 0.3) is 0 Å². The zero-order valence-corrected chi connectivity index (χ0v) is 42.8. The van der Waals surface area contributed by atoms with E-state index >= 15 is 0 Å². The molecular weight excluding hydrogens is 863 g/mol. The average Bonchev–Trinajstić information content (AvgIpc) is 3.25. The predicted molar refractivity (Wildman–Crippen MR) is 258 cm³/mol. The molecule has 0 aromatic carbocycles. The van der Waals surface area contributed by atoms with Crippen LogP contribution in [-0.2, 0) is 57.3 Å². The maximum absolute atomic E-state index is 12.9. The molecule has 67 heavy (non-hydrogen) atoms. The van der Waals surface area contributed by atoms with E-state index in [1.54, 1.807) is 0 Å². The van der Waals surface area contributed by atoms with Crippen molar-refractivity contribution in [2.24, 2.45) is 11.3 Å². The van der Waals surface area contributed by atoms with Crippen LogP contribution in [0.1, 0.15) is 196 Å². The van der Waals surface area contributed by atoms with Gasteiger partial charge in [-0.2, -0.15) is 9.59 Å². The van der Waals surface area contributed by atoms with Crippen molar-refractivity contribution in [3.8, 4) is 0 Å². The molecule has 0 bridgehead atoms. The van der Waals surface area contributed by atoms with E-state index in [1.807, 2.05) is 20.8 Å². The second-order valence-corrected chi connectivity index (χ2v) is 19.5. The Morgan fingerprint density at radius 3 is 1.55 bits per heavy atom. The molecule has 390 valence electrons. The fourth-order valence-corrected chi connectivity index (χ4v) is 7.16. The topological polar surface area (TPSA) is 230 Å². The van der Waals surface area contributed by atoms with E-state index in [4.69, 9.17) is 28.5 Å². The van der Waals surface area contributed by atoms with Crippen LogP contribution in [0, 0.1) is 11.3 Å². The Morgan fingerprint density at radius 1 is 0.522 bits per heavy atom. The lowest BCUT2D eigenvalue weighted by atomic mass is 9.84. The molecule has 0 aromatic heterocycles. The summed E-state index contributed by atoms with van der Waals surface area (Å²) in [5.41, 5.74) is -0.595. The van der Waals surface area contributed by atoms with Crippen LogP contribution < -0.4 is 16.0 Å². The Kier molecular flexibility index (Phi) is 43.0. The number of amides is 2.